The van der Waals surface area contributed by atoms with Gasteiger partial charge in [0, 0.05) is 6.54 Å². The molecule has 110 valence electrons. The van der Waals surface area contributed by atoms with Crippen molar-refractivity contribution in [2.24, 2.45) is 0 Å². The van der Waals surface area contributed by atoms with Crippen molar-refractivity contribution < 1.29 is 4.42 Å². The molecule has 0 aliphatic rings. The molecule has 2 heterocycles. The van der Waals surface area contributed by atoms with E-state index in [1.165, 1.54) is 0 Å². The predicted octanol–water partition coefficient (Wildman–Crippen LogP) is 4.50. The van der Waals surface area contributed by atoms with Crippen molar-refractivity contribution in [1.29, 1.82) is 0 Å². The summed E-state index contributed by atoms with van der Waals surface area (Å²) in [6.45, 7) is 6.12. The van der Waals surface area contributed by atoms with Crippen molar-refractivity contribution >= 4 is 31.9 Å². The molecular weight excluding hydrogens is 386 g/mol. The van der Waals surface area contributed by atoms with Crippen molar-refractivity contribution in [2.45, 2.75) is 39.3 Å². The van der Waals surface area contributed by atoms with E-state index in [1.807, 2.05) is 23.0 Å². The van der Waals surface area contributed by atoms with E-state index in [2.05, 4.69) is 56.1 Å². The summed E-state index contributed by atoms with van der Waals surface area (Å²) in [4.78, 5) is 0. The zero-order chi connectivity index (χ0) is 14.5. The lowest BCUT2D eigenvalue weighted by Gasteiger charge is -2.18. The Labute approximate surface area is 136 Å². The molecule has 0 spiro atoms. The number of halogens is 2. The van der Waals surface area contributed by atoms with Crippen molar-refractivity contribution in [1.82, 2.24) is 15.1 Å². The molecule has 0 radical (unpaired) electrons. The van der Waals surface area contributed by atoms with Gasteiger partial charge in [-0.25, -0.2) is 0 Å². The molecule has 0 aliphatic carbocycles. The Hall–Kier alpha value is -0.590. The molecule has 6 heteroatoms. The molecule has 0 aliphatic heterocycles. The zero-order valence-corrected chi connectivity index (χ0v) is 14.9. The van der Waals surface area contributed by atoms with Crippen molar-refractivity contribution in [3.8, 4) is 0 Å². The van der Waals surface area contributed by atoms with E-state index in [0.717, 1.165) is 46.5 Å². The molecule has 2 aromatic heterocycles. The van der Waals surface area contributed by atoms with Crippen molar-refractivity contribution in [3.63, 3.8) is 0 Å². The maximum Gasteiger partial charge on any atom is 0.169 e. The smallest absolute Gasteiger partial charge is 0.169 e. The molecule has 0 saturated carbocycles. The Balaban J connectivity index is 2.37. The lowest BCUT2D eigenvalue weighted by Crippen LogP contribution is -2.26. The number of rotatable bonds is 7. The van der Waals surface area contributed by atoms with Crippen LogP contribution in [-0.4, -0.2) is 16.3 Å². The van der Waals surface area contributed by atoms with E-state index in [4.69, 9.17) is 4.42 Å². The molecule has 2 aromatic rings. The van der Waals surface area contributed by atoms with Gasteiger partial charge in [0.1, 0.15) is 11.8 Å². The fraction of sp³-hybridized carbons (Fsp3) is 0.500. The van der Waals surface area contributed by atoms with Crippen LogP contribution in [0.3, 0.4) is 0 Å². The van der Waals surface area contributed by atoms with Crippen LogP contribution in [0.25, 0.3) is 0 Å². The first-order valence-corrected chi connectivity index (χ1v) is 8.45. The minimum absolute atomic E-state index is 0.00433. The summed E-state index contributed by atoms with van der Waals surface area (Å²) in [7, 11) is 0. The number of furan rings is 1. The SMILES string of the molecule is CCCNC(c1ccc(Br)o1)c1c(Br)cnn1CCC. The summed E-state index contributed by atoms with van der Waals surface area (Å²) >= 11 is 6.98. The van der Waals surface area contributed by atoms with E-state index in [1.54, 1.807) is 0 Å². The first-order valence-electron chi connectivity index (χ1n) is 6.87. The molecule has 2 rings (SSSR count). The van der Waals surface area contributed by atoms with E-state index in [9.17, 15) is 0 Å². The van der Waals surface area contributed by atoms with Crippen LogP contribution in [0.1, 0.15) is 44.2 Å². The summed E-state index contributed by atoms with van der Waals surface area (Å²) in [5.74, 6) is 0.892. The number of aromatic nitrogens is 2. The quantitative estimate of drug-likeness (QED) is 0.738. The van der Waals surface area contributed by atoms with Gasteiger partial charge in [-0.3, -0.25) is 4.68 Å². The number of nitrogens with zero attached hydrogens (tertiary/aromatic N) is 2. The van der Waals surface area contributed by atoms with Gasteiger partial charge in [0.2, 0.25) is 0 Å². The number of hydrogen-bond acceptors (Lipinski definition) is 3. The van der Waals surface area contributed by atoms with Gasteiger partial charge in [0.15, 0.2) is 4.67 Å². The van der Waals surface area contributed by atoms with Gasteiger partial charge < -0.3 is 9.73 Å². The molecule has 0 bridgehead atoms. The first-order chi connectivity index (χ1) is 9.67. The van der Waals surface area contributed by atoms with Crippen LogP contribution < -0.4 is 5.32 Å². The van der Waals surface area contributed by atoms with Crippen LogP contribution in [0.4, 0.5) is 0 Å². The molecule has 0 amide bonds. The summed E-state index contributed by atoms with van der Waals surface area (Å²) in [5.41, 5.74) is 1.11. The second-order valence-electron chi connectivity index (χ2n) is 4.63. The topological polar surface area (TPSA) is 43.0 Å². The Kier molecular flexibility index (Phi) is 5.86. The van der Waals surface area contributed by atoms with Crippen molar-refractivity contribution in [2.75, 3.05) is 6.54 Å². The largest absolute Gasteiger partial charge is 0.452 e. The van der Waals surface area contributed by atoms with Gasteiger partial charge in [0.05, 0.1) is 16.4 Å². The second kappa shape index (κ2) is 7.43. The number of hydrogen-bond donors (Lipinski definition) is 1. The normalized spacial score (nSPS) is 12.8. The average Bonchev–Trinajstić information content (AvgIpc) is 3.00. The van der Waals surface area contributed by atoms with Crippen LogP contribution in [0.5, 0.6) is 0 Å². The standard InChI is InChI=1S/C14H19Br2N3O/c1-3-7-17-13(11-5-6-12(16)20-11)14-10(15)9-18-19(14)8-4-2/h5-6,9,13,17H,3-4,7-8H2,1-2H3. The lowest BCUT2D eigenvalue weighted by atomic mass is 10.1. The first kappa shape index (κ1) is 15.8. The monoisotopic (exact) mass is 403 g/mol. The summed E-state index contributed by atoms with van der Waals surface area (Å²) < 4.78 is 9.53. The summed E-state index contributed by atoms with van der Waals surface area (Å²) in [6.07, 6.45) is 3.96. The highest BCUT2D eigenvalue weighted by molar-refractivity contribution is 9.10. The maximum absolute atomic E-state index is 5.75. The molecule has 1 atom stereocenters. The predicted molar refractivity (Wildman–Crippen MR) is 86.8 cm³/mol. The zero-order valence-electron chi connectivity index (χ0n) is 11.7. The van der Waals surface area contributed by atoms with E-state index in [-0.39, 0.29) is 6.04 Å². The third-order valence-electron chi connectivity index (χ3n) is 3.02. The Morgan fingerprint density at radius 1 is 1.30 bits per heavy atom. The van der Waals surface area contributed by atoms with Crippen LogP contribution in [-0.2, 0) is 6.54 Å². The fourth-order valence-electron chi connectivity index (χ4n) is 2.15. The minimum Gasteiger partial charge on any atom is -0.452 e. The Morgan fingerprint density at radius 2 is 2.10 bits per heavy atom. The highest BCUT2D eigenvalue weighted by Crippen LogP contribution is 2.31. The number of nitrogens with one attached hydrogen (secondary N) is 1. The molecule has 0 fully saturated rings. The van der Waals surface area contributed by atoms with E-state index < -0.39 is 0 Å². The molecule has 1 N–H and O–H groups in total. The Bertz CT molecular complexity index is 550. The maximum atomic E-state index is 5.75. The molecule has 20 heavy (non-hydrogen) atoms. The third kappa shape index (κ3) is 3.54. The van der Waals surface area contributed by atoms with Crippen molar-refractivity contribution in [3.05, 3.63) is 38.9 Å². The minimum atomic E-state index is 0.00433. The third-order valence-corrected chi connectivity index (χ3v) is 4.06. The van der Waals surface area contributed by atoms with Gasteiger partial charge in [-0.2, -0.15) is 5.10 Å². The molecule has 0 saturated heterocycles. The van der Waals surface area contributed by atoms with Crippen LogP contribution in [0, 0.1) is 0 Å². The van der Waals surface area contributed by atoms with Gasteiger partial charge in [-0.15, -0.1) is 0 Å². The molecule has 4 nitrogen and oxygen atoms in total. The van der Waals surface area contributed by atoms with Gasteiger partial charge in [-0.1, -0.05) is 13.8 Å². The van der Waals surface area contributed by atoms with Crippen LogP contribution in [0.15, 0.2) is 31.9 Å². The lowest BCUT2D eigenvalue weighted by molar-refractivity contribution is 0.412. The highest BCUT2D eigenvalue weighted by atomic mass is 79.9. The van der Waals surface area contributed by atoms with Gasteiger partial charge >= 0.3 is 0 Å². The second-order valence-corrected chi connectivity index (χ2v) is 6.27. The Morgan fingerprint density at radius 3 is 2.70 bits per heavy atom. The number of aryl methyl sites for hydroxylation is 1. The van der Waals surface area contributed by atoms with E-state index >= 15 is 0 Å². The summed E-state index contributed by atoms with van der Waals surface area (Å²) in [5, 5.41) is 7.98. The molecular formula is C14H19Br2N3O. The van der Waals surface area contributed by atoms with Gasteiger partial charge in [0.25, 0.3) is 0 Å². The summed E-state index contributed by atoms with van der Waals surface area (Å²) in [6, 6.07) is 3.92. The highest BCUT2D eigenvalue weighted by Gasteiger charge is 2.24. The molecule has 0 aromatic carbocycles. The molecule has 1 unspecified atom stereocenters. The van der Waals surface area contributed by atoms with Crippen LogP contribution in [0.2, 0.25) is 0 Å². The average molecular weight is 405 g/mol. The van der Waals surface area contributed by atoms with Crippen LogP contribution >= 0.6 is 31.9 Å². The van der Waals surface area contributed by atoms with Gasteiger partial charge in [-0.05, 0) is 63.4 Å². The fourth-order valence-corrected chi connectivity index (χ4v) is 3.00. The van der Waals surface area contributed by atoms with E-state index in [0.29, 0.717) is 0 Å².